The van der Waals surface area contributed by atoms with Crippen LogP contribution in [-0.4, -0.2) is 97.9 Å². The number of allylic oxidation sites excluding steroid dienone is 12. The van der Waals surface area contributed by atoms with Gasteiger partial charge in [0.15, 0.2) is 0 Å². The molecule has 0 spiro atoms. The summed E-state index contributed by atoms with van der Waals surface area (Å²) in [5.74, 6) is -0.0692. The lowest BCUT2D eigenvalue weighted by atomic mass is 9.86. The Balaban J connectivity index is 1.24. The van der Waals surface area contributed by atoms with E-state index in [-0.39, 0.29) is 50.7 Å². The first kappa shape index (κ1) is 38.5. The van der Waals surface area contributed by atoms with Gasteiger partial charge in [0.05, 0.1) is 80.5 Å². The number of rotatable bonds is 17. The standard InChI is InChI=1S/C41H52N4O8/c1-6-27-23(2)32-21-36-28(9-10-46)24(3)31(43-36)20-33-25(4)29(7-8-38(49)53-18-17-52-16-15-51-14-13-50-12-11-47)40(44-33)30-19-37(48)39-26(5)34(45-41(30)39)22-35(27)42-32/h20-22,25,29,44,46-48H,6-19H2,1-5H3/t25-,29-/m0/s1. The summed E-state index contributed by atoms with van der Waals surface area (Å²) in [6, 6.07) is 0. The number of aliphatic imine (C=N–C) groups is 3. The molecular formula is C41H52N4O8. The number of fused-ring (bicyclic) bond motifs is 5. The van der Waals surface area contributed by atoms with Crippen LogP contribution in [0.15, 0.2) is 106 Å². The fourth-order valence-electron chi connectivity index (χ4n) is 7.75. The number of carbonyl (C=O) groups excluding carboxylic acids is 1. The third kappa shape index (κ3) is 8.17. The largest absolute Gasteiger partial charge is 0.511 e. The lowest BCUT2D eigenvalue weighted by Crippen LogP contribution is -2.17. The number of ether oxygens (including phenoxy) is 4. The zero-order valence-electron chi connectivity index (χ0n) is 31.5. The molecule has 12 nitrogen and oxygen atoms in total. The van der Waals surface area contributed by atoms with Crippen LogP contribution >= 0.6 is 0 Å². The van der Waals surface area contributed by atoms with E-state index in [1.54, 1.807) is 0 Å². The summed E-state index contributed by atoms with van der Waals surface area (Å²) in [6.07, 6.45) is 8.52. The van der Waals surface area contributed by atoms with Gasteiger partial charge in [-0.15, -0.1) is 0 Å². The zero-order chi connectivity index (χ0) is 37.6. The molecule has 53 heavy (non-hydrogen) atoms. The van der Waals surface area contributed by atoms with Crippen molar-refractivity contribution in [2.45, 2.75) is 66.7 Å². The van der Waals surface area contributed by atoms with Gasteiger partial charge in [-0.3, -0.25) is 4.79 Å². The average Bonchev–Trinajstić information content (AvgIpc) is 3.89. The summed E-state index contributed by atoms with van der Waals surface area (Å²) in [4.78, 5) is 28.2. The Morgan fingerprint density at radius 2 is 1.47 bits per heavy atom. The van der Waals surface area contributed by atoms with Crippen molar-refractivity contribution in [3.8, 4) is 0 Å². The summed E-state index contributed by atoms with van der Waals surface area (Å²) in [7, 11) is 0. The first-order chi connectivity index (χ1) is 25.7. The molecule has 4 N–H and O–H groups in total. The highest BCUT2D eigenvalue weighted by atomic mass is 16.6. The molecule has 1 saturated heterocycles. The lowest BCUT2D eigenvalue weighted by molar-refractivity contribution is -0.145. The van der Waals surface area contributed by atoms with E-state index in [4.69, 9.17) is 39.0 Å². The van der Waals surface area contributed by atoms with Crippen molar-refractivity contribution >= 4 is 23.1 Å². The molecule has 1 fully saturated rings. The summed E-state index contributed by atoms with van der Waals surface area (Å²) in [6.45, 7) is 12.7. The van der Waals surface area contributed by atoms with Crippen molar-refractivity contribution in [1.29, 1.82) is 0 Å². The molecule has 0 saturated carbocycles. The minimum Gasteiger partial charge on any atom is -0.511 e. The Labute approximate surface area is 311 Å². The van der Waals surface area contributed by atoms with Gasteiger partial charge in [0.2, 0.25) is 0 Å². The number of nitrogens with zero attached hydrogens (tertiary/aromatic N) is 3. The molecule has 0 aromatic rings. The van der Waals surface area contributed by atoms with E-state index in [0.29, 0.717) is 58.1 Å². The van der Waals surface area contributed by atoms with Gasteiger partial charge in [-0.25, -0.2) is 15.0 Å². The number of hydrogen-bond donors (Lipinski definition) is 4. The maximum Gasteiger partial charge on any atom is 0.305 e. The zero-order valence-corrected chi connectivity index (χ0v) is 31.5. The molecule has 8 bridgehead atoms. The van der Waals surface area contributed by atoms with Crippen molar-refractivity contribution in [3.63, 3.8) is 0 Å². The molecule has 5 heterocycles. The van der Waals surface area contributed by atoms with Gasteiger partial charge < -0.3 is 39.6 Å². The van der Waals surface area contributed by atoms with Gasteiger partial charge in [0, 0.05) is 53.8 Å². The van der Waals surface area contributed by atoms with Gasteiger partial charge >= 0.3 is 5.97 Å². The summed E-state index contributed by atoms with van der Waals surface area (Å²) in [5, 5.41) is 33.8. The third-order valence-electron chi connectivity index (χ3n) is 10.7. The smallest absolute Gasteiger partial charge is 0.305 e. The molecule has 0 amide bonds. The molecule has 5 aliphatic heterocycles. The number of esters is 1. The van der Waals surface area contributed by atoms with Crippen LogP contribution in [0, 0.1) is 11.8 Å². The predicted octanol–water partition coefficient (Wildman–Crippen LogP) is 5.41. The minimum atomic E-state index is -0.301. The van der Waals surface area contributed by atoms with Gasteiger partial charge in [-0.2, -0.15) is 0 Å². The summed E-state index contributed by atoms with van der Waals surface area (Å²) >= 11 is 0. The fourth-order valence-corrected chi connectivity index (χ4v) is 7.75. The number of nitrogens with one attached hydrogen (secondary N) is 1. The van der Waals surface area contributed by atoms with Crippen LogP contribution in [0.4, 0.5) is 0 Å². The summed E-state index contributed by atoms with van der Waals surface area (Å²) < 4.78 is 21.6. The highest BCUT2D eigenvalue weighted by Crippen LogP contribution is 2.46. The van der Waals surface area contributed by atoms with E-state index in [2.05, 4.69) is 32.2 Å². The van der Waals surface area contributed by atoms with Crippen molar-refractivity contribution in [1.82, 2.24) is 5.32 Å². The van der Waals surface area contributed by atoms with E-state index in [9.17, 15) is 15.0 Å². The van der Waals surface area contributed by atoms with Crippen molar-refractivity contribution in [2.75, 3.05) is 59.5 Å². The Bertz CT molecular complexity index is 1870. The first-order valence-corrected chi connectivity index (χ1v) is 18.7. The second-order valence-electron chi connectivity index (χ2n) is 13.9. The SMILES string of the molecule is CCC1=C(C)C2=NC1=CC1=C(C)C3=C(O)CC(=C4NC(=CC5=NC(=C2)C(CCO)=C5C)[C@@H](C)[C@@H]4CCC(=O)OCCOCCOCCOCCO)C3=N1. The summed E-state index contributed by atoms with van der Waals surface area (Å²) in [5.41, 5.74) is 13.7. The number of aliphatic hydroxyl groups is 3. The Morgan fingerprint density at radius 1 is 0.830 bits per heavy atom. The molecule has 6 aliphatic rings. The molecule has 0 aromatic heterocycles. The molecule has 12 heteroatoms. The van der Waals surface area contributed by atoms with Gasteiger partial charge in [-0.1, -0.05) is 13.8 Å². The normalized spacial score (nSPS) is 22.1. The second-order valence-corrected chi connectivity index (χ2v) is 13.9. The molecule has 0 unspecified atom stereocenters. The molecule has 6 rings (SSSR count). The minimum absolute atomic E-state index is 0.00435. The van der Waals surface area contributed by atoms with Crippen molar-refractivity contribution < 1.29 is 39.1 Å². The monoisotopic (exact) mass is 728 g/mol. The number of aliphatic hydroxyl groups excluding tert-OH is 3. The van der Waals surface area contributed by atoms with E-state index in [1.165, 1.54) is 0 Å². The Morgan fingerprint density at radius 3 is 2.15 bits per heavy atom. The van der Waals surface area contributed by atoms with Crippen LogP contribution < -0.4 is 5.32 Å². The maximum absolute atomic E-state index is 13.0. The second kappa shape index (κ2) is 17.3. The van der Waals surface area contributed by atoms with E-state index >= 15 is 0 Å². The lowest BCUT2D eigenvalue weighted by Gasteiger charge is -2.17. The molecule has 0 aromatic carbocycles. The van der Waals surface area contributed by atoms with Crippen LogP contribution in [0.5, 0.6) is 0 Å². The van der Waals surface area contributed by atoms with Gasteiger partial charge in [0.1, 0.15) is 12.4 Å². The van der Waals surface area contributed by atoms with Crippen LogP contribution in [-0.2, 0) is 23.7 Å². The van der Waals surface area contributed by atoms with Crippen LogP contribution in [0.1, 0.15) is 66.7 Å². The Hall–Kier alpha value is -4.20. The van der Waals surface area contributed by atoms with E-state index < -0.39 is 0 Å². The topological polar surface area (TPSA) is 164 Å². The first-order valence-electron chi connectivity index (χ1n) is 18.7. The van der Waals surface area contributed by atoms with Gasteiger partial charge in [-0.05, 0) is 86.1 Å². The molecular weight excluding hydrogens is 676 g/mol. The van der Waals surface area contributed by atoms with Crippen LogP contribution in [0.3, 0.4) is 0 Å². The number of carbonyl (C=O) groups is 1. The Kier molecular flexibility index (Phi) is 12.6. The number of hydrogen-bond acceptors (Lipinski definition) is 12. The molecule has 2 atom stereocenters. The quantitative estimate of drug-likeness (QED) is 0.113. The highest BCUT2D eigenvalue weighted by molar-refractivity contribution is 6.21. The predicted molar refractivity (Wildman–Crippen MR) is 203 cm³/mol. The molecule has 284 valence electrons. The van der Waals surface area contributed by atoms with Crippen molar-refractivity contribution in [3.05, 3.63) is 91.5 Å². The van der Waals surface area contributed by atoms with Crippen molar-refractivity contribution in [2.24, 2.45) is 26.8 Å². The molecule has 0 radical (unpaired) electrons. The fraction of sp³-hybridized carbons (Fsp3) is 0.512. The third-order valence-corrected chi connectivity index (χ3v) is 10.7. The highest BCUT2D eigenvalue weighted by Gasteiger charge is 2.41. The van der Waals surface area contributed by atoms with E-state index in [1.807, 2.05) is 26.0 Å². The maximum atomic E-state index is 13.0. The average molecular weight is 729 g/mol. The van der Waals surface area contributed by atoms with Crippen LogP contribution in [0.25, 0.3) is 0 Å². The van der Waals surface area contributed by atoms with E-state index in [0.717, 1.165) is 91.1 Å². The molecule has 1 aliphatic carbocycles. The van der Waals surface area contributed by atoms with Crippen LogP contribution in [0.2, 0.25) is 0 Å². The van der Waals surface area contributed by atoms with Gasteiger partial charge in [0.25, 0.3) is 0 Å².